The van der Waals surface area contributed by atoms with Crippen molar-refractivity contribution in [2.75, 3.05) is 12.3 Å². The first-order valence-corrected chi connectivity index (χ1v) is 7.93. The number of likely N-dealkylation sites (N-methyl/N-ethyl adjacent to an activating group) is 1. The molecule has 0 aliphatic carbocycles. The molecular formula is C14H16Br2N4. The van der Waals surface area contributed by atoms with Crippen LogP contribution in [0.3, 0.4) is 0 Å². The lowest BCUT2D eigenvalue weighted by atomic mass is 10.0. The van der Waals surface area contributed by atoms with Crippen LogP contribution in [-0.4, -0.2) is 16.5 Å². The Morgan fingerprint density at radius 2 is 2.10 bits per heavy atom. The van der Waals surface area contributed by atoms with Gasteiger partial charge in [-0.2, -0.15) is 0 Å². The maximum Gasteiger partial charge on any atom is 0.123 e. The molecule has 0 spiro atoms. The predicted octanol–water partition coefficient (Wildman–Crippen LogP) is 3.48. The fraction of sp³-hybridized carbons (Fsp3) is 0.286. The average Bonchev–Trinajstić information content (AvgIpc) is 2.38. The standard InChI is InChI=1S/C14H16Br2N4/c1-2-18-12(5-9-3-4-19-13(17)6-9)14-11(16)7-10(15)8-20-14/h3-4,6-8,12,18H,2,5H2,1H3,(H2,17,19). The van der Waals surface area contributed by atoms with Crippen LogP contribution in [-0.2, 0) is 6.42 Å². The summed E-state index contributed by atoms with van der Waals surface area (Å²) in [6, 6.07) is 6.02. The lowest BCUT2D eigenvalue weighted by Crippen LogP contribution is -2.24. The van der Waals surface area contributed by atoms with Gasteiger partial charge in [0.15, 0.2) is 0 Å². The van der Waals surface area contributed by atoms with Crippen molar-refractivity contribution >= 4 is 37.7 Å². The summed E-state index contributed by atoms with van der Waals surface area (Å²) in [5.74, 6) is 0.542. The predicted molar refractivity (Wildman–Crippen MR) is 88.4 cm³/mol. The van der Waals surface area contributed by atoms with Gasteiger partial charge in [0, 0.05) is 21.3 Å². The third-order valence-corrected chi connectivity index (χ3v) is 3.97. The summed E-state index contributed by atoms with van der Waals surface area (Å²) in [7, 11) is 0. The molecule has 0 aliphatic heterocycles. The van der Waals surface area contributed by atoms with Crippen molar-refractivity contribution < 1.29 is 0 Å². The van der Waals surface area contributed by atoms with E-state index in [-0.39, 0.29) is 6.04 Å². The number of hydrogen-bond donors (Lipinski definition) is 2. The summed E-state index contributed by atoms with van der Waals surface area (Å²) in [5, 5.41) is 3.46. The topological polar surface area (TPSA) is 63.8 Å². The van der Waals surface area contributed by atoms with Crippen LogP contribution in [0.15, 0.2) is 39.5 Å². The molecule has 3 N–H and O–H groups in total. The number of rotatable bonds is 5. The summed E-state index contributed by atoms with van der Waals surface area (Å²) in [5.41, 5.74) is 7.86. The summed E-state index contributed by atoms with van der Waals surface area (Å²) in [4.78, 5) is 8.53. The molecule has 0 amide bonds. The summed E-state index contributed by atoms with van der Waals surface area (Å²) in [6.07, 6.45) is 4.36. The van der Waals surface area contributed by atoms with E-state index < -0.39 is 0 Å². The number of anilines is 1. The Balaban J connectivity index is 2.26. The maximum absolute atomic E-state index is 5.73. The molecule has 20 heavy (non-hydrogen) atoms. The van der Waals surface area contributed by atoms with Crippen LogP contribution < -0.4 is 11.1 Å². The molecule has 0 saturated heterocycles. The largest absolute Gasteiger partial charge is 0.384 e. The zero-order valence-electron chi connectivity index (χ0n) is 11.1. The summed E-state index contributed by atoms with van der Waals surface area (Å²) >= 11 is 7.00. The Morgan fingerprint density at radius 1 is 1.30 bits per heavy atom. The first kappa shape index (κ1) is 15.4. The van der Waals surface area contributed by atoms with E-state index in [0.717, 1.165) is 33.2 Å². The van der Waals surface area contributed by atoms with Crippen molar-refractivity contribution in [1.29, 1.82) is 0 Å². The molecule has 0 saturated carbocycles. The van der Waals surface area contributed by atoms with E-state index in [1.54, 1.807) is 6.20 Å². The van der Waals surface area contributed by atoms with Gasteiger partial charge < -0.3 is 11.1 Å². The Labute approximate surface area is 135 Å². The zero-order valence-corrected chi connectivity index (χ0v) is 14.3. The number of halogens is 2. The maximum atomic E-state index is 5.73. The number of hydrogen-bond acceptors (Lipinski definition) is 4. The van der Waals surface area contributed by atoms with Crippen LogP contribution in [0, 0.1) is 0 Å². The lowest BCUT2D eigenvalue weighted by Gasteiger charge is -2.19. The van der Waals surface area contributed by atoms with Crippen LogP contribution in [0.4, 0.5) is 5.82 Å². The van der Waals surface area contributed by atoms with E-state index in [1.807, 2.05) is 24.4 Å². The molecule has 0 aromatic carbocycles. The highest BCUT2D eigenvalue weighted by molar-refractivity contribution is 9.11. The monoisotopic (exact) mass is 398 g/mol. The minimum Gasteiger partial charge on any atom is -0.384 e. The highest BCUT2D eigenvalue weighted by Crippen LogP contribution is 2.27. The van der Waals surface area contributed by atoms with Gasteiger partial charge in [0.2, 0.25) is 0 Å². The second kappa shape index (κ2) is 7.15. The van der Waals surface area contributed by atoms with Gasteiger partial charge in [-0.05, 0) is 68.6 Å². The number of nitrogen functional groups attached to an aromatic ring is 1. The van der Waals surface area contributed by atoms with Crippen LogP contribution in [0.5, 0.6) is 0 Å². The first-order chi connectivity index (χ1) is 9.60. The third kappa shape index (κ3) is 4.01. The Kier molecular flexibility index (Phi) is 5.51. The van der Waals surface area contributed by atoms with Crippen LogP contribution in [0.1, 0.15) is 24.2 Å². The van der Waals surface area contributed by atoms with E-state index >= 15 is 0 Å². The fourth-order valence-electron chi connectivity index (χ4n) is 2.05. The van der Waals surface area contributed by atoms with Gasteiger partial charge in [0.05, 0.1) is 11.7 Å². The number of aromatic nitrogens is 2. The summed E-state index contributed by atoms with van der Waals surface area (Å²) < 4.78 is 1.94. The molecule has 0 aliphatic rings. The van der Waals surface area contributed by atoms with E-state index in [2.05, 4.69) is 54.1 Å². The Bertz CT molecular complexity index is 589. The highest BCUT2D eigenvalue weighted by Gasteiger charge is 2.16. The van der Waals surface area contributed by atoms with Gasteiger partial charge in [0.1, 0.15) is 5.82 Å². The minimum absolute atomic E-state index is 0.129. The van der Waals surface area contributed by atoms with Crippen LogP contribution in [0.25, 0.3) is 0 Å². The van der Waals surface area contributed by atoms with Crippen LogP contribution >= 0.6 is 31.9 Å². The van der Waals surface area contributed by atoms with E-state index in [0.29, 0.717) is 5.82 Å². The molecule has 0 bridgehead atoms. The van der Waals surface area contributed by atoms with Gasteiger partial charge >= 0.3 is 0 Å². The number of nitrogens with zero attached hydrogens (tertiary/aromatic N) is 2. The third-order valence-electron chi connectivity index (χ3n) is 2.90. The number of nitrogens with two attached hydrogens (primary N) is 1. The second-order valence-corrected chi connectivity index (χ2v) is 6.19. The smallest absolute Gasteiger partial charge is 0.123 e. The molecule has 0 radical (unpaired) electrons. The van der Waals surface area contributed by atoms with Crippen LogP contribution in [0.2, 0.25) is 0 Å². The van der Waals surface area contributed by atoms with Gasteiger partial charge in [0.25, 0.3) is 0 Å². The first-order valence-electron chi connectivity index (χ1n) is 6.35. The molecule has 0 fully saturated rings. The molecule has 1 unspecified atom stereocenters. The van der Waals surface area contributed by atoms with Crippen molar-refractivity contribution in [1.82, 2.24) is 15.3 Å². The van der Waals surface area contributed by atoms with Gasteiger partial charge in [-0.3, -0.25) is 4.98 Å². The SMILES string of the molecule is CCNC(Cc1ccnc(N)c1)c1ncc(Br)cc1Br. The van der Waals surface area contributed by atoms with Gasteiger partial charge in [-0.25, -0.2) is 4.98 Å². The zero-order chi connectivity index (χ0) is 14.5. The number of nitrogens with one attached hydrogen (secondary N) is 1. The highest BCUT2D eigenvalue weighted by atomic mass is 79.9. The van der Waals surface area contributed by atoms with Gasteiger partial charge in [-0.1, -0.05) is 6.92 Å². The molecule has 106 valence electrons. The summed E-state index contributed by atoms with van der Waals surface area (Å²) in [6.45, 7) is 2.95. The van der Waals surface area contributed by atoms with Crippen molar-refractivity contribution in [3.63, 3.8) is 0 Å². The van der Waals surface area contributed by atoms with Crippen molar-refractivity contribution in [3.05, 3.63) is 50.8 Å². The van der Waals surface area contributed by atoms with E-state index in [9.17, 15) is 0 Å². The average molecular weight is 400 g/mol. The molecule has 2 aromatic heterocycles. The Morgan fingerprint density at radius 3 is 2.75 bits per heavy atom. The fourth-order valence-corrected chi connectivity index (χ4v) is 3.31. The molecule has 4 nitrogen and oxygen atoms in total. The molecule has 1 atom stereocenters. The van der Waals surface area contributed by atoms with Crippen molar-refractivity contribution in [2.24, 2.45) is 0 Å². The molecule has 2 aromatic rings. The molecule has 2 heterocycles. The van der Waals surface area contributed by atoms with E-state index in [1.165, 1.54) is 0 Å². The minimum atomic E-state index is 0.129. The Hall–Kier alpha value is -0.980. The normalized spacial score (nSPS) is 12.3. The lowest BCUT2D eigenvalue weighted by molar-refractivity contribution is 0.534. The second-order valence-electron chi connectivity index (χ2n) is 4.42. The molecule has 6 heteroatoms. The van der Waals surface area contributed by atoms with E-state index in [4.69, 9.17) is 5.73 Å². The molecular weight excluding hydrogens is 384 g/mol. The molecule has 2 rings (SSSR count). The van der Waals surface area contributed by atoms with Gasteiger partial charge in [-0.15, -0.1) is 0 Å². The number of pyridine rings is 2. The quantitative estimate of drug-likeness (QED) is 0.807. The van der Waals surface area contributed by atoms with Crippen molar-refractivity contribution in [2.45, 2.75) is 19.4 Å². The van der Waals surface area contributed by atoms with Crippen molar-refractivity contribution in [3.8, 4) is 0 Å².